The van der Waals surface area contributed by atoms with Gasteiger partial charge in [0, 0.05) is 6.42 Å². The quantitative estimate of drug-likeness (QED) is 0.126. The molecule has 0 radical (unpaired) electrons. The number of rotatable bonds is 9. The van der Waals surface area contributed by atoms with E-state index >= 15 is 0 Å². The third-order valence-corrected chi connectivity index (χ3v) is 6.86. The molecule has 8 nitrogen and oxygen atoms in total. The average Bonchev–Trinajstić information content (AvgIpc) is 2.88. The molecule has 3 rings (SSSR count). The van der Waals surface area contributed by atoms with Crippen LogP contribution in [0.5, 0.6) is 11.5 Å². The van der Waals surface area contributed by atoms with Crippen LogP contribution in [0.25, 0.3) is 0 Å². The normalized spacial score (nSPS) is 13.6. The first-order chi connectivity index (χ1) is 18.6. The molecule has 0 aromatic heterocycles. The fourth-order valence-electron chi connectivity index (χ4n) is 3.32. The van der Waals surface area contributed by atoms with Gasteiger partial charge in [0.15, 0.2) is 0 Å². The van der Waals surface area contributed by atoms with Crippen LogP contribution < -0.4 is 9.05 Å². The molecule has 1 N–H and O–H groups in total. The van der Waals surface area contributed by atoms with Crippen molar-refractivity contribution < 1.29 is 55.0 Å². The summed E-state index contributed by atoms with van der Waals surface area (Å²) < 4.78 is 101. The van der Waals surface area contributed by atoms with Gasteiger partial charge in [0.25, 0.3) is 0 Å². The summed E-state index contributed by atoms with van der Waals surface area (Å²) in [5, 5.41) is 10.1. The van der Waals surface area contributed by atoms with Gasteiger partial charge in [-0.25, -0.2) is 27.3 Å². The van der Waals surface area contributed by atoms with Crippen LogP contribution in [-0.4, -0.2) is 33.5 Å². The fourth-order valence-corrected chi connectivity index (χ4v) is 5.08. The van der Waals surface area contributed by atoms with Gasteiger partial charge in [0.2, 0.25) is 34.8 Å². The largest absolute Gasteiger partial charge is 0.550 e. The molecular formula is C26H23F5NO7P. The Kier molecular flexibility index (Phi) is 9.09. The second-order valence-electron chi connectivity index (χ2n) is 9.23. The van der Waals surface area contributed by atoms with Gasteiger partial charge in [0.05, 0.1) is 0 Å². The Morgan fingerprint density at radius 1 is 0.825 bits per heavy atom. The van der Waals surface area contributed by atoms with Crippen LogP contribution in [0.3, 0.4) is 0 Å². The summed E-state index contributed by atoms with van der Waals surface area (Å²) in [5.74, 6) is -16.7. The molecule has 0 aliphatic carbocycles. The van der Waals surface area contributed by atoms with Crippen LogP contribution >= 0.6 is 7.75 Å². The van der Waals surface area contributed by atoms with Gasteiger partial charge in [-0.05, 0) is 38.5 Å². The molecule has 14 heteroatoms. The number of aliphatic carboxylic acids is 1. The van der Waals surface area contributed by atoms with Gasteiger partial charge < -0.3 is 18.9 Å². The molecule has 1 amide bonds. The van der Waals surface area contributed by atoms with Crippen molar-refractivity contribution >= 4 is 19.8 Å². The lowest BCUT2D eigenvalue weighted by Gasteiger charge is -2.35. The fraction of sp³-hybridized carbons (Fsp3) is 0.231. The summed E-state index contributed by atoms with van der Waals surface area (Å²) in [6.07, 6.45) is -2.20. The molecule has 214 valence electrons. The first kappa shape index (κ1) is 30.4. The Morgan fingerprint density at radius 3 is 1.77 bits per heavy atom. The van der Waals surface area contributed by atoms with Crippen molar-refractivity contribution in [3.63, 3.8) is 0 Å². The first-order valence-electron chi connectivity index (χ1n) is 11.5. The summed E-state index contributed by atoms with van der Waals surface area (Å²) in [4.78, 5) is 25.8. The predicted molar refractivity (Wildman–Crippen MR) is 131 cm³/mol. The summed E-state index contributed by atoms with van der Waals surface area (Å²) in [6.45, 7) is 4.14. The van der Waals surface area contributed by atoms with Gasteiger partial charge >= 0.3 is 19.8 Å². The van der Waals surface area contributed by atoms with Gasteiger partial charge in [-0.2, -0.15) is 13.5 Å². The van der Waals surface area contributed by atoms with Crippen molar-refractivity contribution in [3.8, 4) is 11.5 Å². The molecule has 40 heavy (non-hydrogen) atoms. The Bertz CT molecular complexity index is 1410. The maximum absolute atomic E-state index is 14.6. The van der Waals surface area contributed by atoms with Gasteiger partial charge in [-0.3, -0.25) is 0 Å². The number of hydrogen-bond donors (Lipinski definition) is 1. The first-order valence-corrected chi connectivity index (χ1v) is 13.0. The topological polar surface area (TPSA) is 102 Å². The van der Waals surface area contributed by atoms with E-state index in [9.17, 15) is 41.2 Å². The number of benzene rings is 3. The third kappa shape index (κ3) is 6.90. The number of carboxylic acids is 1. The molecule has 0 bridgehead atoms. The molecule has 0 unspecified atom stereocenters. The van der Waals surface area contributed by atoms with Crippen LogP contribution in [0.4, 0.5) is 26.7 Å². The maximum atomic E-state index is 14.6. The van der Waals surface area contributed by atoms with Crippen molar-refractivity contribution in [1.29, 1.82) is 0 Å². The Hall–Kier alpha value is -4.12. The lowest BCUT2D eigenvalue weighted by atomic mass is 10.1. The number of nitrogens with zero attached hydrogens (tertiary/aromatic N) is 1. The second kappa shape index (κ2) is 12.0. The predicted octanol–water partition coefficient (Wildman–Crippen LogP) is 6.88. The molecular weight excluding hydrogens is 564 g/mol. The highest BCUT2D eigenvalue weighted by molar-refractivity contribution is 7.53. The van der Waals surface area contributed by atoms with Crippen molar-refractivity contribution in [2.75, 3.05) is 0 Å². The highest BCUT2D eigenvalue weighted by Crippen LogP contribution is 2.55. The lowest BCUT2D eigenvalue weighted by Crippen LogP contribution is -2.48. The van der Waals surface area contributed by atoms with Crippen molar-refractivity contribution in [2.24, 2.45) is 0 Å². The zero-order chi connectivity index (χ0) is 29.8. The van der Waals surface area contributed by atoms with Gasteiger partial charge in [-0.15, -0.1) is 0 Å². The zero-order valence-electron chi connectivity index (χ0n) is 21.2. The van der Waals surface area contributed by atoms with E-state index in [1.54, 1.807) is 6.07 Å². The number of carbonyl (C=O) groups is 2. The standard InChI is InChI=1S/C26H23F5NO7P/c1-26(2,3)37-25(35)32(17(24(33)34)14-15-10-6-4-7-11-15)40(36,38-16-12-8-5-9-13-16)39-23-21(30)19(28)18(27)20(29)22(23)31/h4-13,17H,14H2,1-3H3,(H,33,34)/t17-,40-/m0/s1. The molecule has 3 aromatic carbocycles. The Morgan fingerprint density at radius 2 is 1.30 bits per heavy atom. The second-order valence-corrected chi connectivity index (χ2v) is 11.0. The number of ether oxygens (including phenoxy) is 1. The third-order valence-electron chi connectivity index (χ3n) is 5.04. The molecule has 2 atom stereocenters. The number of carboxylic acid groups (broad SMARTS) is 1. The minimum Gasteiger partial charge on any atom is -0.480 e. The van der Waals surface area contributed by atoms with Crippen molar-refractivity contribution in [2.45, 2.75) is 38.8 Å². The van der Waals surface area contributed by atoms with E-state index in [0.717, 1.165) is 12.1 Å². The Balaban J connectivity index is 2.28. The van der Waals surface area contributed by atoms with E-state index in [1.165, 1.54) is 63.2 Å². The van der Waals surface area contributed by atoms with E-state index in [4.69, 9.17) is 13.8 Å². The molecule has 0 fully saturated rings. The average molecular weight is 587 g/mol. The number of amides is 1. The number of halogens is 5. The minimum absolute atomic E-state index is 0.0430. The van der Waals surface area contributed by atoms with Crippen molar-refractivity contribution in [3.05, 3.63) is 95.3 Å². The summed E-state index contributed by atoms with van der Waals surface area (Å²) >= 11 is 0. The molecule has 0 saturated carbocycles. The smallest absolute Gasteiger partial charge is 0.480 e. The molecule has 0 saturated heterocycles. The van der Waals surface area contributed by atoms with Crippen LogP contribution in [0.2, 0.25) is 0 Å². The molecule has 0 heterocycles. The van der Waals surface area contributed by atoms with Crippen LogP contribution in [0.1, 0.15) is 26.3 Å². The Labute approximate surface area is 225 Å². The SMILES string of the molecule is CC(C)(C)OC(=O)N([C@@H](Cc1ccccc1)C(=O)O)[P@](=O)(Oc1ccccc1)Oc1c(F)c(F)c(F)c(F)c1F. The summed E-state index contributed by atoms with van der Waals surface area (Å²) in [6, 6.07) is 12.0. The molecule has 0 aliphatic rings. The molecule has 3 aromatic rings. The van der Waals surface area contributed by atoms with Crippen LogP contribution in [0, 0.1) is 29.1 Å². The van der Waals surface area contributed by atoms with Gasteiger partial charge in [-0.1, -0.05) is 48.5 Å². The van der Waals surface area contributed by atoms with E-state index in [0.29, 0.717) is 5.56 Å². The summed E-state index contributed by atoms with van der Waals surface area (Å²) in [7, 11) is -5.73. The highest BCUT2D eigenvalue weighted by Gasteiger charge is 2.51. The van der Waals surface area contributed by atoms with Crippen molar-refractivity contribution in [1.82, 2.24) is 4.67 Å². The van der Waals surface area contributed by atoms with E-state index in [2.05, 4.69) is 0 Å². The maximum Gasteiger partial charge on any atom is 0.550 e. The lowest BCUT2D eigenvalue weighted by molar-refractivity contribution is -0.141. The number of carbonyl (C=O) groups excluding carboxylic acids is 1. The summed E-state index contributed by atoms with van der Waals surface area (Å²) in [5.41, 5.74) is -1.04. The monoisotopic (exact) mass is 587 g/mol. The zero-order valence-corrected chi connectivity index (χ0v) is 22.1. The number of hydrogen-bond acceptors (Lipinski definition) is 6. The van der Waals surface area contributed by atoms with Crippen LogP contribution in [0.15, 0.2) is 60.7 Å². The van der Waals surface area contributed by atoms with Crippen LogP contribution in [-0.2, 0) is 20.5 Å². The van der Waals surface area contributed by atoms with E-state index in [1.807, 2.05) is 0 Å². The minimum atomic E-state index is -5.73. The molecule has 0 spiro atoms. The van der Waals surface area contributed by atoms with E-state index < -0.39 is 72.7 Å². The van der Waals surface area contributed by atoms with E-state index in [-0.39, 0.29) is 10.4 Å². The van der Waals surface area contributed by atoms with Gasteiger partial charge in [0.1, 0.15) is 17.4 Å². The highest BCUT2D eigenvalue weighted by atomic mass is 31.2. The number of para-hydroxylation sites is 1. The molecule has 0 aliphatic heterocycles.